The van der Waals surface area contributed by atoms with Crippen LogP contribution < -0.4 is 5.73 Å². The molecule has 0 spiro atoms. The van der Waals surface area contributed by atoms with Crippen molar-refractivity contribution in [3.8, 4) is 0 Å². The lowest BCUT2D eigenvalue weighted by atomic mass is 10.2. The average Bonchev–Trinajstić information content (AvgIpc) is 2.61. The molecule has 0 bridgehead atoms. The molecule has 0 atom stereocenters. The summed E-state index contributed by atoms with van der Waals surface area (Å²) in [5, 5.41) is 2.35. The molecule has 2 N–H and O–H groups in total. The predicted octanol–water partition coefficient (Wildman–Crippen LogP) is 3.19. The maximum absolute atomic E-state index is 10.9. The van der Waals surface area contributed by atoms with E-state index in [9.17, 15) is 4.79 Å². The SMILES string of the molecule is CC(C)(C)[Si](C)(C)OCc1csc(C(N)=O)n1.Cl. The standard InChI is InChI=1S/C11H20N2O2SSi.ClH/c1-11(2,3)17(4,5)15-6-8-7-16-10(13-8)9(12)14;/h7H,6H2,1-5H3,(H2,12,14);1H. The molecule has 1 aromatic rings. The minimum atomic E-state index is -1.76. The zero-order valence-corrected chi connectivity index (χ0v) is 14.1. The number of nitrogens with zero attached hydrogens (tertiary/aromatic N) is 1. The van der Waals surface area contributed by atoms with Crippen LogP contribution in [0.2, 0.25) is 18.1 Å². The van der Waals surface area contributed by atoms with Gasteiger partial charge in [0.05, 0.1) is 12.3 Å². The number of thiazole rings is 1. The molecule has 4 nitrogen and oxygen atoms in total. The smallest absolute Gasteiger partial charge is 0.277 e. The lowest BCUT2D eigenvalue weighted by Gasteiger charge is -2.35. The van der Waals surface area contributed by atoms with Crippen LogP contribution in [0.25, 0.3) is 0 Å². The van der Waals surface area contributed by atoms with Crippen molar-refractivity contribution in [1.29, 1.82) is 0 Å². The minimum absolute atomic E-state index is 0. The first-order valence-electron chi connectivity index (χ1n) is 5.51. The number of carbonyl (C=O) groups excluding carboxylic acids is 1. The Bertz CT molecular complexity index is 415. The first kappa shape index (κ1) is 17.6. The van der Waals surface area contributed by atoms with Crippen LogP contribution in [0.4, 0.5) is 0 Å². The Morgan fingerprint density at radius 2 is 2.06 bits per heavy atom. The molecule has 0 fully saturated rings. The van der Waals surface area contributed by atoms with Gasteiger partial charge >= 0.3 is 0 Å². The summed E-state index contributed by atoms with van der Waals surface area (Å²) < 4.78 is 6.00. The fourth-order valence-electron chi connectivity index (χ4n) is 0.957. The number of halogens is 1. The van der Waals surface area contributed by atoms with E-state index in [-0.39, 0.29) is 17.4 Å². The Morgan fingerprint density at radius 1 is 1.50 bits per heavy atom. The summed E-state index contributed by atoms with van der Waals surface area (Å²) in [4.78, 5) is 15.0. The second kappa shape index (κ2) is 6.14. The van der Waals surface area contributed by atoms with Crippen molar-refractivity contribution in [1.82, 2.24) is 4.98 Å². The van der Waals surface area contributed by atoms with E-state index < -0.39 is 14.2 Å². The lowest BCUT2D eigenvalue weighted by Crippen LogP contribution is -2.40. The second-order valence-electron chi connectivity index (χ2n) is 5.56. The molecular weight excluding hydrogens is 288 g/mol. The van der Waals surface area contributed by atoms with Gasteiger partial charge in [0.2, 0.25) is 0 Å². The Kier molecular flexibility index (Phi) is 5.99. The van der Waals surface area contributed by atoms with Gasteiger partial charge in [0.25, 0.3) is 5.91 Å². The number of rotatable bonds is 4. The van der Waals surface area contributed by atoms with Crippen LogP contribution in [-0.2, 0) is 11.0 Å². The van der Waals surface area contributed by atoms with Gasteiger partial charge in [-0.05, 0) is 18.1 Å². The predicted molar refractivity (Wildman–Crippen MR) is 79.9 cm³/mol. The van der Waals surface area contributed by atoms with Crippen molar-refractivity contribution in [2.75, 3.05) is 0 Å². The van der Waals surface area contributed by atoms with Crippen LogP contribution in [0.3, 0.4) is 0 Å². The Balaban J connectivity index is 0.00000289. The summed E-state index contributed by atoms with van der Waals surface area (Å²) in [5.41, 5.74) is 5.94. The summed E-state index contributed by atoms with van der Waals surface area (Å²) >= 11 is 1.27. The molecule has 1 heterocycles. The highest BCUT2D eigenvalue weighted by Crippen LogP contribution is 2.37. The van der Waals surface area contributed by atoms with Gasteiger partial charge < -0.3 is 10.2 Å². The molecule has 0 saturated heterocycles. The first-order valence-corrected chi connectivity index (χ1v) is 9.30. The van der Waals surface area contributed by atoms with Gasteiger partial charge in [-0.25, -0.2) is 4.98 Å². The van der Waals surface area contributed by atoms with Crippen LogP contribution in [0.15, 0.2) is 5.38 Å². The normalized spacial score (nSPS) is 12.1. The molecule has 0 aliphatic heterocycles. The molecule has 18 heavy (non-hydrogen) atoms. The third kappa shape index (κ3) is 4.35. The molecule has 1 rings (SSSR count). The van der Waals surface area contributed by atoms with Crippen LogP contribution >= 0.6 is 23.7 Å². The first-order chi connectivity index (χ1) is 7.63. The number of hydrogen-bond acceptors (Lipinski definition) is 4. The topological polar surface area (TPSA) is 65.2 Å². The Morgan fingerprint density at radius 3 is 2.44 bits per heavy atom. The van der Waals surface area contributed by atoms with Crippen LogP contribution in [0.5, 0.6) is 0 Å². The molecular formula is C11H21ClN2O2SSi. The number of aromatic nitrogens is 1. The third-order valence-electron chi connectivity index (χ3n) is 3.15. The summed E-state index contributed by atoms with van der Waals surface area (Å²) in [6.07, 6.45) is 0. The van der Waals surface area contributed by atoms with Gasteiger partial charge in [0, 0.05) is 5.38 Å². The fraction of sp³-hybridized carbons (Fsp3) is 0.636. The summed E-state index contributed by atoms with van der Waals surface area (Å²) in [6, 6.07) is 0. The van der Waals surface area contributed by atoms with E-state index in [1.165, 1.54) is 11.3 Å². The summed E-state index contributed by atoms with van der Waals surface area (Å²) in [5.74, 6) is -0.478. The number of amides is 1. The van der Waals surface area contributed by atoms with Crippen LogP contribution in [-0.4, -0.2) is 19.2 Å². The lowest BCUT2D eigenvalue weighted by molar-refractivity contribution is 0.0999. The van der Waals surface area contributed by atoms with Crippen molar-refractivity contribution >= 4 is 38.0 Å². The van der Waals surface area contributed by atoms with E-state index in [4.69, 9.17) is 10.2 Å². The number of hydrogen-bond donors (Lipinski definition) is 1. The molecule has 7 heteroatoms. The van der Waals surface area contributed by atoms with E-state index in [0.29, 0.717) is 11.6 Å². The van der Waals surface area contributed by atoms with Crippen molar-refractivity contribution in [3.05, 3.63) is 16.1 Å². The van der Waals surface area contributed by atoms with E-state index in [0.717, 1.165) is 5.69 Å². The molecule has 104 valence electrons. The van der Waals surface area contributed by atoms with Crippen molar-refractivity contribution in [2.24, 2.45) is 5.73 Å². The Hall–Kier alpha value is -0.433. The second-order valence-corrected chi connectivity index (χ2v) is 11.2. The number of carbonyl (C=O) groups is 1. The molecule has 0 saturated carbocycles. The van der Waals surface area contributed by atoms with Gasteiger partial charge in [0.1, 0.15) is 0 Å². The van der Waals surface area contributed by atoms with E-state index >= 15 is 0 Å². The minimum Gasteiger partial charge on any atom is -0.411 e. The van der Waals surface area contributed by atoms with Gasteiger partial charge in [-0.15, -0.1) is 23.7 Å². The van der Waals surface area contributed by atoms with E-state index in [2.05, 4.69) is 38.8 Å². The highest BCUT2D eigenvalue weighted by Gasteiger charge is 2.37. The summed E-state index contributed by atoms with van der Waals surface area (Å²) in [6.45, 7) is 11.4. The van der Waals surface area contributed by atoms with Gasteiger partial charge in [-0.2, -0.15) is 0 Å². The zero-order chi connectivity index (χ0) is 13.3. The number of primary amides is 1. The highest BCUT2D eigenvalue weighted by molar-refractivity contribution is 7.11. The van der Waals surface area contributed by atoms with Gasteiger partial charge in [-0.3, -0.25) is 4.79 Å². The van der Waals surface area contributed by atoms with Crippen molar-refractivity contribution < 1.29 is 9.22 Å². The van der Waals surface area contributed by atoms with Gasteiger partial charge in [0.15, 0.2) is 13.3 Å². The molecule has 0 aromatic carbocycles. The quantitative estimate of drug-likeness (QED) is 0.869. The molecule has 1 aromatic heterocycles. The third-order valence-corrected chi connectivity index (χ3v) is 8.53. The molecule has 0 aliphatic carbocycles. The van der Waals surface area contributed by atoms with Crippen molar-refractivity contribution in [3.63, 3.8) is 0 Å². The molecule has 0 radical (unpaired) electrons. The molecule has 0 unspecified atom stereocenters. The van der Waals surface area contributed by atoms with Gasteiger partial charge in [-0.1, -0.05) is 20.8 Å². The van der Waals surface area contributed by atoms with E-state index in [1.807, 2.05) is 5.38 Å². The monoisotopic (exact) mass is 308 g/mol. The zero-order valence-electron chi connectivity index (χ0n) is 11.4. The fourth-order valence-corrected chi connectivity index (χ4v) is 2.55. The maximum atomic E-state index is 10.9. The highest BCUT2D eigenvalue weighted by atomic mass is 35.5. The largest absolute Gasteiger partial charge is 0.411 e. The molecule has 1 amide bonds. The average molecular weight is 309 g/mol. The Labute approximate surface area is 119 Å². The van der Waals surface area contributed by atoms with E-state index in [1.54, 1.807) is 0 Å². The molecule has 0 aliphatic rings. The van der Waals surface area contributed by atoms with Crippen LogP contribution in [0.1, 0.15) is 36.3 Å². The number of nitrogens with two attached hydrogens (primary N) is 1. The summed E-state index contributed by atoms with van der Waals surface area (Å²) in [7, 11) is -1.76. The van der Waals surface area contributed by atoms with Crippen LogP contribution in [0, 0.1) is 0 Å². The van der Waals surface area contributed by atoms with Crippen molar-refractivity contribution in [2.45, 2.75) is 45.5 Å². The maximum Gasteiger partial charge on any atom is 0.277 e.